The highest BCUT2D eigenvalue weighted by Crippen LogP contribution is 2.17. The van der Waals surface area contributed by atoms with Crippen molar-refractivity contribution >= 4 is 11.6 Å². The average molecular weight is 388 g/mol. The van der Waals surface area contributed by atoms with Crippen LogP contribution in [-0.4, -0.2) is 37.3 Å². The summed E-state index contributed by atoms with van der Waals surface area (Å²) in [5.74, 6) is 2.00. The van der Waals surface area contributed by atoms with Crippen molar-refractivity contribution in [2.75, 3.05) is 12.4 Å². The maximum atomic E-state index is 12.6. The largest absolute Gasteiger partial charge is 0.497 e. The van der Waals surface area contributed by atoms with E-state index in [1.54, 1.807) is 24.9 Å². The summed E-state index contributed by atoms with van der Waals surface area (Å²) in [7, 11) is 1.61. The lowest BCUT2D eigenvalue weighted by Gasteiger charge is -2.07. The zero-order valence-corrected chi connectivity index (χ0v) is 16.3. The molecule has 0 unspecified atom stereocenters. The summed E-state index contributed by atoms with van der Waals surface area (Å²) in [6.45, 7) is 3.74. The van der Waals surface area contributed by atoms with Crippen LogP contribution in [0.5, 0.6) is 5.75 Å². The normalized spacial score (nSPS) is 10.7. The molecule has 0 aliphatic carbocycles. The van der Waals surface area contributed by atoms with Gasteiger partial charge in [0.15, 0.2) is 0 Å². The topological polar surface area (TPSA) is 86.9 Å². The summed E-state index contributed by atoms with van der Waals surface area (Å²) in [6.07, 6.45) is 3.64. The summed E-state index contributed by atoms with van der Waals surface area (Å²) in [6, 6.07) is 14.9. The number of benzene rings is 2. The van der Waals surface area contributed by atoms with E-state index in [9.17, 15) is 4.79 Å². The molecule has 4 rings (SSSR count). The third kappa shape index (κ3) is 3.73. The average Bonchev–Trinajstić information content (AvgIpc) is 3.34. The smallest absolute Gasteiger partial charge is 0.295 e. The Bertz CT molecular complexity index is 1140. The fourth-order valence-corrected chi connectivity index (χ4v) is 3.00. The molecule has 4 aromatic rings. The van der Waals surface area contributed by atoms with Gasteiger partial charge in [-0.05, 0) is 62.4 Å². The lowest BCUT2D eigenvalue weighted by Crippen LogP contribution is -2.14. The summed E-state index contributed by atoms with van der Waals surface area (Å²) in [4.78, 5) is 21.1. The maximum absolute atomic E-state index is 12.6. The number of nitrogens with zero attached hydrogens (tertiary/aromatic N) is 5. The first-order chi connectivity index (χ1) is 14.0. The van der Waals surface area contributed by atoms with Gasteiger partial charge < -0.3 is 14.6 Å². The first-order valence-corrected chi connectivity index (χ1v) is 9.05. The van der Waals surface area contributed by atoms with E-state index in [0.29, 0.717) is 11.5 Å². The molecular formula is C21H20N6O2. The molecule has 2 aromatic heterocycles. The van der Waals surface area contributed by atoms with Crippen molar-refractivity contribution in [1.82, 2.24) is 24.3 Å². The molecule has 0 bridgehead atoms. The van der Waals surface area contributed by atoms with E-state index in [2.05, 4.69) is 20.4 Å². The van der Waals surface area contributed by atoms with Crippen LogP contribution in [0, 0.1) is 13.8 Å². The highest BCUT2D eigenvalue weighted by Gasteiger charge is 2.15. The molecule has 2 heterocycles. The van der Waals surface area contributed by atoms with E-state index in [1.807, 2.05) is 66.2 Å². The zero-order valence-electron chi connectivity index (χ0n) is 16.3. The number of imidazole rings is 1. The second kappa shape index (κ2) is 7.59. The number of rotatable bonds is 5. The highest BCUT2D eigenvalue weighted by atomic mass is 16.5. The van der Waals surface area contributed by atoms with Crippen LogP contribution in [-0.2, 0) is 0 Å². The van der Waals surface area contributed by atoms with E-state index in [-0.39, 0.29) is 11.7 Å². The Kier molecular flexibility index (Phi) is 4.82. The van der Waals surface area contributed by atoms with Gasteiger partial charge in [-0.15, -0.1) is 5.10 Å². The third-order valence-corrected chi connectivity index (χ3v) is 4.52. The molecule has 0 aliphatic heterocycles. The Balaban J connectivity index is 1.51. The maximum Gasteiger partial charge on any atom is 0.295 e. The van der Waals surface area contributed by atoms with Gasteiger partial charge in [0, 0.05) is 23.8 Å². The second-order valence-electron chi connectivity index (χ2n) is 6.44. The monoisotopic (exact) mass is 388 g/mol. The lowest BCUT2D eigenvalue weighted by molar-refractivity contribution is 0.101. The van der Waals surface area contributed by atoms with E-state index < -0.39 is 0 Å². The number of hydrogen-bond acceptors (Lipinski definition) is 5. The molecule has 146 valence electrons. The predicted molar refractivity (Wildman–Crippen MR) is 109 cm³/mol. The van der Waals surface area contributed by atoms with Gasteiger partial charge in [-0.2, -0.15) is 0 Å². The zero-order chi connectivity index (χ0) is 20.4. The Hall–Kier alpha value is -3.94. The minimum absolute atomic E-state index is 0.104. The van der Waals surface area contributed by atoms with Crippen molar-refractivity contribution in [3.63, 3.8) is 0 Å². The van der Waals surface area contributed by atoms with Crippen LogP contribution in [0.2, 0.25) is 0 Å². The van der Waals surface area contributed by atoms with Gasteiger partial charge in [0.2, 0.25) is 5.82 Å². The van der Waals surface area contributed by atoms with Gasteiger partial charge >= 0.3 is 0 Å². The minimum atomic E-state index is -0.369. The van der Waals surface area contributed by atoms with Crippen LogP contribution in [0.15, 0.2) is 60.9 Å². The van der Waals surface area contributed by atoms with Crippen LogP contribution >= 0.6 is 0 Å². The van der Waals surface area contributed by atoms with Crippen molar-refractivity contribution in [2.24, 2.45) is 0 Å². The Morgan fingerprint density at radius 1 is 0.966 bits per heavy atom. The standard InChI is InChI=1S/C21H20N6O2/c1-14-22-12-13-26(14)17-6-4-16(5-7-17)24-21(28)20-23-15(2)27(25-20)18-8-10-19(29-3)11-9-18/h4-13H,1-3H3,(H,24,28). The van der Waals surface area contributed by atoms with Gasteiger partial charge in [0.25, 0.3) is 5.91 Å². The number of aryl methyl sites for hydroxylation is 2. The van der Waals surface area contributed by atoms with Crippen molar-refractivity contribution in [3.8, 4) is 17.1 Å². The SMILES string of the molecule is COc1ccc(-n2nc(C(=O)Nc3ccc(-n4ccnc4C)cc3)nc2C)cc1. The van der Waals surface area contributed by atoms with Crippen LogP contribution in [0.25, 0.3) is 11.4 Å². The molecular weight excluding hydrogens is 368 g/mol. The van der Waals surface area contributed by atoms with Gasteiger partial charge in [0.1, 0.15) is 17.4 Å². The molecule has 1 amide bonds. The van der Waals surface area contributed by atoms with E-state index in [0.717, 1.165) is 22.9 Å². The Morgan fingerprint density at radius 3 is 2.28 bits per heavy atom. The van der Waals surface area contributed by atoms with Crippen molar-refractivity contribution < 1.29 is 9.53 Å². The highest BCUT2D eigenvalue weighted by molar-refractivity contribution is 6.01. The number of aromatic nitrogens is 5. The minimum Gasteiger partial charge on any atom is -0.497 e. The molecule has 0 spiro atoms. The van der Waals surface area contributed by atoms with Gasteiger partial charge in [-0.25, -0.2) is 14.6 Å². The molecule has 8 nitrogen and oxygen atoms in total. The summed E-state index contributed by atoms with van der Waals surface area (Å²) >= 11 is 0. The molecule has 0 radical (unpaired) electrons. The summed E-state index contributed by atoms with van der Waals surface area (Å²) in [5, 5.41) is 7.18. The van der Waals surface area contributed by atoms with Crippen molar-refractivity contribution in [3.05, 3.63) is 78.4 Å². The molecule has 0 saturated carbocycles. The fraction of sp³-hybridized carbons (Fsp3) is 0.143. The Morgan fingerprint density at radius 2 is 1.66 bits per heavy atom. The quantitative estimate of drug-likeness (QED) is 0.567. The third-order valence-electron chi connectivity index (χ3n) is 4.52. The van der Waals surface area contributed by atoms with E-state index in [4.69, 9.17) is 4.74 Å². The number of carbonyl (C=O) groups excluding carboxylic acids is 1. The molecule has 1 N–H and O–H groups in total. The number of hydrogen-bond donors (Lipinski definition) is 1. The number of carbonyl (C=O) groups is 1. The number of ether oxygens (including phenoxy) is 1. The first kappa shape index (κ1) is 18.4. The molecule has 0 aliphatic rings. The molecule has 2 aromatic carbocycles. The second-order valence-corrected chi connectivity index (χ2v) is 6.44. The number of nitrogens with one attached hydrogen (secondary N) is 1. The fourth-order valence-electron chi connectivity index (χ4n) is 3.00. The molecule has 0 saturated heterocycles. The summed E-state index contributed by atoms with van der Waals surface area (Å²) in [5.41, 5.74) is 2.43. The van der Waals surface area contributed by atoms with Crippen LogP contribution in [0.1, 0.15) is 22.3 Å². The van der Waals surface area contributed by atoms with E-state index in [1.165, 1.54) is 0 Å². The molecule has 0 atom stereocenters. The number of anilines is 1. The van der Waals surface area contributed by atoms with E-state index >= 15 is 0 Å². The first-order valence-electron chi connectivity index (χ1n) is 9.05. The molecule has 0 fully saturated rings. The van der Waals surface area contributed by atoms with Crippen LogP contribution in [0.4, 0.5) is 5.69 Å². The van der Waals surface area contributed by atoms with Gasteiger partial charge in [-0.3, -0.25) is 4.79 Å². The Labute approximate surface area is 167 Å². The molecule has 8 heteroatoms. The summed E-state index contributed by atoms with van der Waals surface area (Å²) < 4.78 is 8.76. The van der Waals surface area contributed by atoms with Gasteiger partial charge in [0.05, 0.1) is 12.8 Å². The van der Waals surface area contributed by atoms with Crippen molar-refractivity contribution in [2.45, 2.75) is 13.8 Å². The predicted octanol–water partition coefficient (Wildman–Crippen LogP) is 3.33. The van der Waals surface area contributed by atoms with Gasteiger partial charge in [-0.1, -0.05) is 0 Å². The van der Waals surface area contributed by atoms with Crippen LogP contribution < -0.4 is 10.1 Å². The molecule has 29 heavy (non-hydrogen) atoms. The van der Waals surface area contributed by atoms with Crippen LogP contribution in [0.3, 0.4) is 0 Å². The van der Waals surface area contributed by atoms with Crippen molar-refractivity contribution in [1.29, 1.82) is 0 Å². The number of methoxy groups -OCH3 is 1. The number of amides is 1. The lowest BCUT2D eigenvalue weighted by atomic mass is 10.2.